The molecule has 0 radical (unpaired) electrons. The Morgan fingerprint density at radius 3 is 2.91 bits per heavy atom. The number of amidine groups is 1. The molecule has 0 bridgehead atoms. The molecule has 0 saturated heterocycles. The van der Waals surface area contributed by atoms with E-state index in [2.05, 4.69) is 27.3 Å². The van der Waals surface area contributed by atoms with Crippen LogP contribution in [0.1, 0.15) is 6.92 Å². The first-order valence-electron chi connectivity index (χ1n) is 2.92. The van der Waals surface area contributed by atoms with Crippen molar-refractivity contribution in [3.63, 3.8) is 0 Å². The molecule has 5 heteroatoms. The summed E-state index contributed by atoms with van der Waals surface area (Å²) in [7, 11) is 0. The van der Waals surface area contributed by atoms with Gasteiger partial charge in [-0.1, -0.05) is 6.58 Å². The first-order valence-corrected chi connectivity index (χ1v) is 3.30. The summed E-state index contributed by atoms with van der Waals surface area (Å²) in [5.41, 5.74) is 2.42. The Labute approximate surface area is 70.4 Å². The highest BCUT2D eigenvalue weighted by atomic mass is 35.5. The van der Waals surface area contributed by atoms with E-state index in [1.165, 1.54) is 18.5 Å². The van der Waals surface area contributed by atoms with Crippen LogP contribution < -0.4 is 5.43 Å². The first kappa shape index (κ1) is 9.84. The molecule has 0 saturated carbocycles. The lowest BCUT2D eigenvalue weighted by Crippen LogP contribution is -2.09. The number of nitrogens with one attached hydrogen (secondary N) is 1. The van der Waals surface area contributed by atoms with Gasteiger partial charge in [-0.3, -0.25) is 5.43 Å². The van der Waals surface area contributed by atoms with E-state index >= 15 is 0 Å². The molecule has 0 aromatic heterocycles. The van der Waals surface area contributed by atoms with E-state index in [0.29, 0.717) is 0 Å². The van der Waals surface area contributed by atoms with Gasteiger partial charge < -0.3 is 0 Å². The molecule has 60 valence electrons. The molecule has 0 unspecified atom stereocenters. The molecule has 11 heavy (non-hydrogen) atoms. The minimum atomic E-state index is 0.112. The molecule has 4 nitrogen and oxygen atoms in total. The number of allylic oxidation sites excluding steroid dienone is 1. The average molecular weight is 173 g/mol. The SMILES string of the molecule is C=C/C=N/N/C(Cl)=N/N=C/C. The van der Waals surface area contributed by atoms with Crippen molar-refractivity contribution in [3.05, 3.63) is 12.7 Å². The van der Waals surface area contributed by atoms with Gasteiger partial charge in [0, 0.05) is 12.4 Å². The third-order valence-corrected chi connectivity index (χ3v) is 0.758. The Morgan fingerprint density at radius 2 is 2.36 bits per heavy atom. The molecule has 0 atom stereocenters. The maximum Gasteiger partial charge on any atom is 0.237 e. The van der Waals surface area contributed by atoms with Crippen molar-refractivity contribution in [2.24, 2.45) is 15.3 Å². The molecule has 0 spiro atoms. The van der Waals surface area contributed by atoms with Crippen LogP contribution in [0, 0.1) is 0 Å². The molecule has 0 aromatic rings. The predicted molar refractivity (Wildman–Crippen MR) is 49.3 cm³/mol. The van der Waals surface area contributed by atoms with Crippen LogP contribution in [0.5, 0.6) is 0 Å². The zero-order chi connectivity index (χ0) is 8.53. The number of hydrazone groups is 1. The second kappa shape index (κ2) is 6.95. The lowest BCUT2D eigenvalue weighted by atomic mass is 10.7. The molecular formula is C6H9ClN4. The van der Waals surface area contributed by atoms with Crippen molar-refractivity contribution in [2.45, 2.75) is 6.92 Å². The maximum absolute atomic E-state index is 5.47. The molecule has 0 aliphatic heterocycles. The number of nitrogens with zero attached hydrogens (tertiary/aromatic N) is 3. The highest BCUT2D eigenvalue weighted by Crippen LogP contribution is 1.81. The quantitative estimate of drug-likeness (QED) is 0.297. The zero-order valence-corrected chi connectivity index (χ0v) is 6.91. The van der Waals surface area contributed by atoms with Gasteiger partial charge in [0.2, 0.25) is 5.29 Å². The van der Waals surface area contributed by atoms with E-state index in [1.54, 1.807) is 6.92 Å². The summed E-state index contributed by atoms with van der Waals surface area (Å²) in [5.74, 6) is 0. The Balaban J connectivity index is 3.76. The number of halogens is 1. The third kappa shape index (κ3) is 6.73. The maximum atomic E-state index is 5.47. The van der Waals surface area contributed by atoms with E-state index in [4.69, 9.17) is 11.6 Å². The van der Waals surface area contributed by atoms with Gasteiger partial charge in [0.05, 0.1) is 0 Å². The summed E-state index contributed by atoms with van der Waals surface area (Å²) >= 11 is 5.47. The van der Waals surface area contributed by atoms with E-state index in [9.17, 15) is 0 Å². The first-order chi connectivity index (χ1) is 5.31. The van der Waals surface area contributed by atoms with Crippen LogP contribution >= 0.6 is 11.6 Å². The van der Waals surface area contributed by atoms with Crippen molar-refractivity contribution in [1.82, 2.24) is 5.43 Å². The van der Waals surface area contributed by atoms with E-state index < -0.39 is 0 Å². The van der Waals surface area contributed by atoms with Crippen LogP contribution in [0.25, 0.3) is 0 Å². The second-order valence-electron chi connectivity index (χ2n) is 1.39. The largest absolute Gasteiger partial charge is 0.250 e. The monoisotopic (exact) mass is 172 g/mol. The summed E-state index contributed by atoms with van der Waals surface area (Å²) in [4.78, 5) is 0. The molecule has 1 N–H and O–H groups in total. The molecular weight excluding hydrogens is 164 g/mol. The lowest BCUT2D eigenvalue weighted by Gasteiger charge is -1.89. The molecule has 0 rings (SSSR count). The van der Waals surface area contributed by atoms with Gasteiger partial charge in [-0.25, -0.2) is 0 Å². The smallest absolute Gasteiger partial charge is 0.237 e. The minimum Gasteiger partial charge on any atom is -0.250 e. The Hall–Kier alpha value is -1.16. The number of rotatable bonds is 3. The van der Waals surface area contributed by atoms with Crippen LogP contribution in [-0.4, -0.2) is 17.7 Å². The zero-order valence-electron chi connectivity index (χ0n) is 6.16. The van der Waals surface area contributed by atoms with Gasteiger partial charge in [-0.2, -0.15) is 10.2 Å². The van der Waals surface area contributed by atoms with Crippen molar-refractivity contribution in [1.29, 1.82) is 0 Å². The lowest BCUT2D eigenvalue weighted by molar-refractivity contribution is 1.03. The fourth-order valence-electron chi connectivity index (χ4n) is 0.274. The normalized spacial score (nSPS) is 12.7. The van der Waals surface area contributed by atoms with Crippen molar-refractivity contribution >= 4 is 29.3 Å². The predicted octanol–water partition coefficient (Wildman–Crippen LogP) is 1.35. The van der Waals surface area contributed by atoms with Gasteiger partial charge in [-0.15, -0.1) is 5.10 Å². The standard InChI is InChI=1S/C6H9ClN4/c1-3-5-9-11-6(7)10-8-4-2/h3-5H,1H2,2H3,(H,10,11)/b8-4+,9-5+. The second-order valence-corrected chi connectivity index (χ2v) is 1.75. The van der Waals surface area contributed by atoms with Crippen molar-refractivity contribution < 1.29 is 0 Å². The Kier molecular flexibility index (Phi) is 6.22. The summed E-state index contributed by atoms with van der Waals surface area (Å²) in [5, 5.41) is 10.8. The van der Waals surface area contributed by atoms with Gasteiger partial charge in [0.1, 0.15) is 0 Å². The molecule has 0 aliphatic carbocycles. The molecule has 0 heterocycles. The van der Waals surface area contributed by atoms with Gasteiger partial charge in [-0.05, 0) is 24.6 Å². The van der Waals surface area contributed by atoms with Crippen molar-refractivity contribution in [3.8, 4) is 0 Å². The fourth-order valence-corrected chi connectivity index (χ4v) is 0.366. The molecule has 0 fully saturated rings. The van der Waals surface area contributed by atoms with Crippen LogP contribution in [-0.2, 0) is 0 Å². The van der Waals surface area contributed by atoms with Gasteiger partial charge in [0.25, 0.3) is 0 Å². The van der Waals surface area contributed by atoms with Crippen LogP contribution in [0.3, 0.4) is 0 Å². The summed E-state index contributed by atoms with van der Waals surface area (Å²) in [6.07, 6.45) is 4.48. The highest BCUT2D eigenvalue weighted by Gasteiger charge is 1.84. The van der Waals surface area contributed by atoms with E-state index in [-0.39, 0.29) is 5.29 Å². The summed E-state index contributed by atoms with van der Waals surface area (Å²) in [6, 6.07) is 0. The molecule has 0 aromatic carbocycles. The van der Waals surface area contributed by atoms with Crippen LogP contribution in [0.4, 0.5) is 0 Å². The fraction of sp³-hybridized carbons (Fsp3) is 0.167. The Morgan fingerprint density at radius 1 is 1.64 bits per heavy atom. The summed E-state index contributed by atoms with van der Waals surface area (Å²) in [6.45, 7) is 5.15. The third-order valence-electron chi connectivity index (χ3n) is 0.598. The number of hydrogen-bond donors (Lipinski definition) is 1. The number of hydrogen-bond acceptors (Lipinski definition) is 3. The molecule has 0 amide bonds. The van der Waals surface area contributed by atoms with Gasteiger partial charge >= 0.3 is 0 Å². The highest BCUT2D eigenvalue weighted by molar-refractivity contribution is 6.64. The average Bonchev–Trinajstić information content (AvgIpc) is 2.01. The summed E-state index contributed by atoms with van der Waals surface area (Å²) < 4.78 is 0. The van der Waals surface area contributed by atoms with Crippen LogP contribution in [0.2, 0.25) is 0 Å². The Bertz CT molecular complexity index is 195. The van der Waals surface area contributed by atoms with E-state index in [1.807, 2.05) is 0 Å². The minimum absolute atomic E-state index is 0.112. The van der Waals surface area contributed by atoms with E-state index in [0.717, 1.165) is 0 Å². The van der Waals surface area contributed by atoms with Gasteiger partial charge in [0.15, 0.2) is 0 Å². The topological polar surface area (TPSA) is 49.1 Å². The van der Waals surface area contributed by atoms with Crippen LogP contribution in [0.15, 0.2) is 28.0 Å². The molecule has 0 aliphatic rings. The van der Waals surface area contributed by atoms with Crippen molar-refractivity contribution in [2.75, 3.05) is 0 Å².